The molecule has 10 heteroatoms. The molecule has 1 aliphatic carbocycles. The maximum Gasteiger partial charge on any atom is 0.306 e. The Labute approximate surface area is 224 Å². The quantitative estimate of drug-likeness (QED) is 0.253. The van der Waals surface area contributed by atoms with Gasteiger partial charge in [-0.05, 0) is 62.1 Å². The van der Waals surface area contributed by atoms with Crippen LogP contribution in [0.1, 0.15) is 38.7 Å². The van der Waals surface area contributed by atoms with Gasteiger partial charge in [0.1, 0.15) is 23.5 Å². The molecule has 0 aliphatic heterocycles. The van der Waals surface area contributed by atoms with Crippen molar-refractivity contribution in [2.45, 2.75) is 45.3 Å². The van der Waals surface area contributed by atoms with E-state index in [4.69, 9.17) is 42.8 Å². The third-order valence-electron chi connectivity index (χ3n) is 6.45. The van der Waals surface area contributed by atoms with E-state index in [1.54, 1.807) is 19.1 Å². The normalized spacial score (nSPS) is 14.9. The average Bonchev–Trinajstić information content (AvgIpc) is 3.47. The van der Waals surface area contributed by atoms with Crippen molar-refractivity contribution in [2.24, 2.45) is 5.92 Å². The van der Waals surface area contributed by atoms with Crippen molar-refractivity contribution in [1.29, 1.82) is 0 Å². The highest BCUT2D eigenvalue weighted by Crippen LogP contribution is 2.41. The van der Waals surface area contributed by atoms with Crippen LogP contribution < -0.4 is 9.47 Å². The number of ether oxygens (including phenoxy) is 2. The molecule has 1 atom stereocenters. The molecule has 192 valence electrons. The number of aliphatic carboxylic acids is 1. The molecule has 0 saturated heterocycles. The first kappa shape index (κ1) is 25.3. The molecule has 2 aromatic carbocycles. The number of carbonyl (C=O) groups is 1. The number of halogens is 2. The molecule has 0 bridgehead atoms. The summed E-state index contributed by atoms with van der Waals surface area (Å²) in [6.07, 6.45) is 3.81. The van der Waals surface area contributed by atoms with Gasteiger partial charge in [0.2, 0.25) is 5.88 Å². The van der Waals surface area contributed by atoms with Crippen molar-refractivity contribution in [1.82, 2.24) is 19.5 Å². The third-order valence-corrected chi connectivity index (χ3v) is 7.00. The Hall–Kier alpha value is -3.36. The van der Waals surface area contributed by atoms with E-state index in [0.717, 1.165) is 18.4 Å². The second-order valence-corrected chi connectivity index (χ2v) is 10.4. The van der Waals surface area contributed by atoms with Gasteiger partial charge < -0.3 is 19.1 Å². The van der Waals surface area contributed by atoms with Gasteiger partial charge in [0.25, 0.3) is 0 Å². The summed E-state index contributed by atoms with van der Waals surface area (Å²) in [6.45, 7) is 4.43. The Balaban J connectivity index is 1.52. The minimum Gasteiger partial charge on any atom is -0.494 e. The number of hydrogen-bond acceptors (Lipinski definition) is 6. The number of rotatable bonds is 10. The molecule has 1 unspecified atom stereocenters. The first-order valence-electron chi connectivity index (χ1n) is 12.0. The lowest BCUT2D eigenvalue weighted by Gasteiger charge is -2.13. The Kier molecular flexibility index (Phi) is 6.96. The smallest absolute Gasteiger partial charge is 0.306 e. The number of hydrogen-bond donors (Lipinski definition) is 1. The highest BCUT2D eigenvalue weighted by molar-refractivity contribution is 6.33. The van der Waals surface area contributed by atoms with Gasteiger partial charge in [-0.3, -0.25) is 4.79 Å². The molecule has 2 heterocycles. The Morgan fingerprint density at radius 1 is 1.19 bits per heavy atom. The first-order valence-corrected chi connectivity index (χ1v) is 12.8. The predicted molar refractivity (Wildman–Crippen MR) is 142 cm³/mol. The maximum atomic E-state index is 11.0. The van der Waals surface area contributed by atoms with Crippen LogP contribution in [0.3, 0.4) is 0 Å². The molecule has 1 fully saturated rings. The molecule has 37 heavy (non-hydrogen) atoms. The van der Waals surface area contributed by atoms with E-state index < -0.39 is 11.9 Å². The summed E-state index contributed by atoms with van der Waals surface area (Å²) in [5, 5.41) is 10.1. The van der Waals surface area contributed by atoms with Gasteiger partial charge in [0.15, 0.2) is 11.2 Å². The van der Waals surface area contributed by atoms with Crippen LogP contribution in [0, 0.1) is 5.92 Å². The summed E-state index contributed by atoms with van der Waals surface area (Å²) in [4.78, 5) is 24.9. The Morgan fingerprint density at radius 2 is 2.00 bits per heavy atom. The van der Waals surface area contributed by atoms with Crippen LogP contribution >= 0.6 is 23.2 Å². The number of carboxylic acid groups (broad SMARTS) is 1. The number of fused-ring (bicyclic) bond motifs is 1. The van der Waals surface area contributed by atoms with E-state index in [2.05, 4.69) is 16.9 Å². The van der Waals surface area contributed by atoms with E-state index >= 15 is 0 Å². The van der Waals surface area contributed by atoms with Crippen molar-refractivity contribution in [3.05, 3.63) is 64.4 Å². The summed E-state index contributed by atoms with van der Waals surface area (Å²) in [5.74, 6) is 0.264. The third kappa shape index (κ3) is 5.65. The average molecular weight is 541 g/mol. The molecule has 0 spiro atoms. The molecular formula is C27H26Cl2N4O4. The lowest BCUT2D eigenvalue weighted by atomic mass is 10.1. The van der Waals surface area contributed by atoms with Crippen LogP contribution in [-0.4, -0.2) is 42.8 Å². The van der Waals surface area contributed by atoms with E-state index in [0.29, 0.717) is 57.2 Å². The van der Waals surface area contributed by atoms with Crippen LogP contribution in [0.15, 0.2) is 48.8 Å². The minimum absolute atomic E-state index is 0.229. The zero-order valence-electron chi connectivity index (χ0n) is 20.4. The van der Waals surface area contributed by atoms with E-state index in [-0.39, 0.29) is 12.2 Å². The van der Waals surface area contributed by atoms with Crippen molar-refractivity contribution in [3.63, 3.8) is 0 Å². The van der Waals surface area contributed by atoms with Crippen molar-refractivity contribution < 1.29 is 19.4 Å². The summed E-state index contributed by atoms with van der Waals surface area (Å²) in [6, 6.07) is 13.0. The number of imidazole rings is 1. The zero-order chi connectivity index (χ0) is 26.2. The molecule has 4 aromatic rings. The molecule has 1 aliphatic rings. The first-order chi connectivity index (χ1) is 17.7. The zero-order valence-corrected chi connectivity index (χ0v) is 22.0. The van der Waals surface area contributed by atoms with E-state index in [1.807, 2.05) is 34.9 Å². The summed E-state index contributed by atoms with van der Waals surface area (Å²) >= 11 is 13.0. The molecule has 2 aromatic heterocycles. The van der Waals surface area contributed by atoms with Crippen LogP contribution in [0.4, 0.5) is 0 Å². The lowest BCUT2D eigenvalue weighted by molar-refractivity contribution is -0.141. The molecule has 1 saturated carbocycles. The Bertz CT molecular complexity index is 1470. The van der Waals surface area contributed by atoms with Crippen molar-refractivity contribution >= 4 is 40.3 Å². The van der Waals surface area contributed by atoms with E-state index in [9.17, 15) is 4.79 Å². The minimum atomic E-state index is -0.849. The van der Waals surface area contributed by atoms with Gasteiger partial charge in [0.05, 0.1) is 24.1 Å². The second-order valence-electron chi connectivity index (χ2n) is 9.57. The molecule has 1 N–H and O–H groups in total. The van der Waals surface area contributed by atoms with Gasteiger partial charge >= 0.3 is 5.97 Å². The standard InChI is InChI=1S/C27H26Cl2N4O4/c1-16(26(34)35)8-11-36-19-6-7-20(21(29)13-19)23-32-22-24(30-15-31-25(22)37-27(2)9-10-27)33(23)14-17-4-3-5-18(28)12-17/h3-7,12-13,15-16H,8-11,14H2,1-2H3,(H,34,35). The highest BCUT2D eigenvalue weighted by Gasteiger charge is 2.41. The largest absolute Gasteiger partial charge is 0.494 e. The van der Waals surface area contributed by atoms with Gasteiger partial charge in [-0.15, -0.1) is 0 Å². The van der Waals surface area contributed by atoms with Gasteiger partial charge in [-0.1, -0.05) is 42.3 Å². The molecule has 0 radical (unpaired) electrons. The van der Waals surface area contributed by atoms with Crippen LogP contribution in [-0.2, 0) is 11.3 Å². The fraction of sp³-hybridized carbons (Fsp3) is 0.333. The fourth-order valence-electron chi connectivity index (χ4n) is 3.92. The topological polar surface area (TPSA) is 99.4 Å². The summed E-state index contributed by atoms with van der Waals surface area (Å²) in [7, 11) is 0. The molecule has 0 amide bonds. The monoisotopic (exact) mass is 540 g/mol. The molecule has 5 rings (SSSR count). The lowest BCUT2D eigenvalue weighted by Crippen LogP contribution is -2.13. The van der Waals surface area contributed by atoms with Gasteiger partial charge in [0, 0.05) is 10.6 Å². The number of nitrogens with zero attached hydrogens (tertiary/aromatic N) is 4. The maximum absolute atomic E-state index is 11.0. The summed E-state index contributed by atoms with van der Waals surface area (Å²) < 4.78 is 13.9. The fourth-order valence-corrected chi connectivity index (χ4v) is 4.39. The highest BCUT2D eigenvalue weighted by atomic mass is 35.5. The number of carboxylic acids is 1. The van der Waals surface area contributed by atoms with Crippen LogP contribution in [0.5, 0.6) is 11.6 Å². The molecule has 8 nitrogen and oxygen atoms in total. The second kappa shape index (κ2) is 10.2. The number of aromatic nitrogens is 4. The predicted octanol–water partition coefficient (Wildman–Crippen LogP) is 6.27. The molecular weight excluding hydrogens is 515 g/mol. The number of benzene rings is 2. The van der Waals surface area contributed by atoms with Crippen molar-refractivity contribution in [3.8, 4) is 23.0 Å². The van der Waals surface area contributed by atoms with Gasteiger partial charge in [-0.2, -0.15) is 4.98 Å². The van der Waals surface area contributed by atoms with Crippen LogP contribution in [0.25, 0.3) is 22.6 Å². The van der Waals surface area contributed by atoms with Crippen LogP contribution in [0.2, 0.25) is 10.0 Å². The van der Waals surface area contributed by atoms with E-state index in [1.165, 1.54) is 6.33 Å². The van der Waals surface area contributed by atoms with Gasteiger partial charge in [-0.25, -0.2) is 9.97 Å². The summed E-state index contributed by atoms with van der Waals surface area (Å²) in [5.41, 5.74) is 2.63. The SMILES string of the molecule is CC(CCOc1ccc(-c2nc3c(OC4(C)CC4)ncnc3n2Cc2cccc(Cl)c2)c(Cl)c1)C(=O)O. The van der Waals surface area contributed by atoms with Crippen molar-refractivity contribution in [2.75, 3.05) is 6.61 Å². The Morgan fingerprint density at radius 3 is 2.70 bits per heavy atom.